The highest BCUT2D eigenvalue weighted by molar-refractivity contribution is 7.45. The second-order valence-corrected chi connectivity index (χ2v) is 13.9. The summed E-state index contributed by atoms with van der Waals surface area (Å²) in [4.78, 5) is 24.7. The number of carbonyl (C=O) groups is 1. The van der Waals surface area contributed by atoms with E-state index in [1.807, 2.05) is 21.1 Å². The van der Waals surface area contributed by atoms with Crippen LogP contribution in [0.3, 0.4) is 0 Å². The normalized spacial score (nSPS) is 14.6. The van der Waals surface area contributed by atoms with Crippen LogP contribution in [-0.4, -0.2) is 70.7 Å². The molecular weight excluding hydrogens is 577 g/mol. The minimum absolute atomic E-state index is 0.0228. The van der Waals surface area contributed by atoms with Crippen molar-refractivity contribution >= 4 is 13.8 Å². The highest BCUT2D eigenvalue weighted by atomic mass is 31.2. The van der Waals surface area contributed by atoms with Gasteiger partial charge in [0.1, 0.15) is 19.3 Å². The molecule has 0 aromatic rings. The average Bonchev–Trinajstić information content (AvgIpc) is 2.96. The highest BCUT2D eigenvalue weighted by Gasteiger charge is 2.20. The molecule has 44 heavy (non-hydrogen) atoms. The molecule has 2 atom stereocenters. The maximum absolute atomic E-state index is 12.4. The zero-order valence-corrected chi connectivity index (χ0v) is 29.7. The molecule has 0 saturated carbocycles. The van der Waals surface area contributed by atoms with Gasteiger partial charge in [0.2, 0.25) is 0 Å². The Labute approximate surface area is 270 Å². The van der Waals surface area contributed by atoms with Crippen LogP contribution >= 0.6 is 7.82 Å². The number of phosphoric acid groups is 1. The van der Waals surface area contributed by atoms with Gasteiger partial charge in [-0.1, -0.05) is 108 Å². The van der Waals surface area contributed by atoms with E-state index in [1.54, 1.807) is 0 Å². The Bertz CT molecular complexity index is 807. The smallest absolute Gasteiger partial charge is 0.306 e. The van der Waals surface area contributed by atoms with Gasteiger partial charge in [-0.3, -0.25) is 9.36 Å². The topological polar surface area (TPSA) is 94.1 Å². The molecule has 0 aliphatic carbocycles. The number of likely N-dealkylation sites (N-methyl/N-ethyl adjacent to an activating group) is 1. The standard InChI is InChI=1S/C35H66NO7P/c1-6-8-10-12-14-15-16-17-18-19-20-21-22-23-25-27-30-40-32-34(43-35(37)28-26-24-13-11-9-7-2)33-42-44(38,39)41-31-29-36(3,4)5/h8,10,14-15,17-18,34H,6-7,9,11-13,16,19-33H2,1-5H3/b10-8-,15-14-,18-17-. The van der Waals surface area contributed by atoms with Crippen LogP contribution in [-0.2, 0) is 27.9 Å². The summed E-state index contributed by atoms with van der Waals surface area (Å²) in [6, 6.07) is 0. The van der Waals surface area contributed by atoms with E-state index in [0.717, 1.165) is 64.2 Å². The van der Waals surface area contributed by atoms with E-state index in [-0.39, 0.29) is 25.8 Å². The molecule has 0 fully saturated rings. The number of rotatable bonds is 31. The van der Waals surface area contributed by atoms with Gasteiger partial charge < -0.3 is 27.9 Å². The van der Waals surface area contributed by atoms with Gasteiger partial charge in [-0.2, -0.15) is 0 Å². The lowest BCUT2D eigenvalue weighted by atomic mass is 10.1. The molecule has 0 bridgehead atoms. The van der Waals surface area contributed by atoms with E-state index in [1.165, 1.54) is 38.5 Å². The number of phosphoric ester groups is 1. The molecule has 8 nitrogen and oxygen atoms in total. The fourth-order valence-electron chi connectivity index (χ4n) is 4.26. The van der Waals surface area contributed by atoms with Crippen molar-refractivity contribution in [2.45, 2.75) is 129 Å². The van der Waals surface area contributed by atoms with E-state index in [0.29, 0.717) is 24.1 Å². The van der Waals surface area contributed by atoms with Crippen molar-refractivity contribution in [3.63, 3.8) is 0 Å². The van der Waals surface area contributed by atoms with Crippen molar-refractivity contribution in [3.8, 4) is 0 Å². The Kier molecular flexibility index (Phi) is 28.3. The van der Waals surface area contributed by atoms with Gasteiger partial charge in [-0.15, -0.1) is 0 Å². The summed E-state index contributed by atoms with van der Waals surface area (Å²) in [5, 5.41) is 0. The SMILES string of the molecule is CC/C=C\C/C=C\C/C=C\CCCCCCCCOCC(COP(=O)([O-])OCC[N+](C)(C)C)OC(=O)CCCCCCCC. The lowest BCUT2D eigenvalue weighted by molar-refractivity contribution is -0.870. The summed E-state index contributed by atoms with van der Waals surface area (Å²) in [5.74, 6) is -0.351. The van der Waals surface area contributed by atoms with Crippen molar-refractivity contribution in [2.24, 2.45) is 0 Å². The number of quaternary nitrogens is 1. The third-order valence-corrected chi connectivity index (χ3v) is 7.92. The van der Waals surface area contributed by atoms with E-state index < -0.39 is 13.9 Å². The van der Waals surface area contributed by atoms with Gasteiger partial charge in [0.15, 0.2) is 0 Å². The summed E-state index contributed by atoms with van der Waals surface area (Å²) >= 11 is 0. The van der Waals surface area contributed by atoms with Crippen molar-refractivity contribution in [1.82, 2.24) is 0 Å². The monoisotopic (exact) mass is 643 g/mol. The minimum atomic E-state index is -4.51. The lowest BCUT2D eigenvalue weighted by Crippen LogP contribution is -2.37. The Balaban J connectivity index is 4.25. The number of ether oxygens (including phenoxy) is 2. The summed E-state index contributed by atoms with van der Waals surface area (Å²) in [6.45, 7) is 5.18. The van der Waals surface area contributed by atoms with Crippen LogP contribution < -0.4 is 4.89 Å². The molecular formula is C35H66NO7P. The number of hydrogen-bond acceptors (Lipinski definition) is 7. The fourth-order valence-corrected chi connectivity index (χ4v) is 4.99. The molecule has 2 unspecified atom stereocenters. The predicted molar refractivity (Wildman–Crippen MR) is 180 cm³/mol. The summed E-state index contributed by atoms with van der Waals surface area (Å²) in [6.07, 6.45) is 30.3. The first-order valence-corrected chi connectivity index (χ1v) is 18.7. The molecule has 9 heteroatoms. The first kappa shape index (κ1) is 42.7. The predicted octanol–water partition coefficient (Wildman–Crippen LogP) is 8.46. The largest absolute Gasteiger partial charge is 0.756 e. The van der Waals surface area contributed by atoms with Gasteiger partial charge >= 0.3 is 5.97 Å². The van der Waals surface area contributed by atoms with Crippen LogP contribution in [0.1, 0.15) is 123 Å². The van der Waals surface area contributed by atoms with E-state index >= 15 is 0 Å². The fraction of sp³-hybridized carbons (Fsp3) is 0.800. The zero-order valence-electron chi connectivity index (χ0n) is 28.8. The quantitative estimate of drug-likeness (QED) is 0.0246. The van der Waals surface area contributed by atoms with Crippen LogP contribution in [0.25, 0.3) is 0 Å². The van der Waals surface area contributed by atoms with E-state index in [9.17, 15) is 14.3 Å². The van der Waals surface area contributed by atoms with Gasteiger partial charge in [0.05, 0.1) is 34.4 Å². The molecule has 0 aliphatic rings. The summed E-state index contributed by atoms with van der Waals surface area (Å²) in [7, 11) is 1.34. The average molecular weight is 644 g/mol. The molecule has 0 amide bonds. The van der Waals surface area contributed by atoms with Crippen molar-refractivity contribution in [3.05, 3.63) is 36.5 Å². The van der Waals surface area contributed by atoms with Crippen LogP contribution in [0, 0.1) is 0 Å². The van der Waals surface area contributed by atoms with Crippen molar-refractivity contribution < 1.29 is 37.3 Å². The van der Waals surface area contributed by atoms with Gasteiger partial charge in [0.25, 0.3) is 7.82 Å². The molecule has 0 saturated heterocycles. The van der Waals surface area contributed by atoms with E-state index in [4.69, 9.17) is 18.5 Å². The molecule has 0 rings (SSSR count). The molecule has 0 radical (unpaired) electrons. The number of carbonyl (C=O) groups excluding carboxylic acids is 1. The second kappa shape index (κ2) is 29.1. The molecule has 0 aliphatic heterocycles. The second-order valence-electron chi connectivity index (χ2n) is 12.5. The Morgan fingerprint density at radius 1 is 0.727 bits per heavy atom. The minimum Gasteiger partial charge on any atom is -0.756 e. The maximum Gasteiger partial charge on any atom is 0.306 e. The summed E-state index contributed by atoms with van der Waals surface area (Å²) in [5.41, 5.74) is 0. The molecule has 0 N–H and O–H groups in total. The molecule has 0 aromatic heterocycles. The maximum atomic E-state index is 12.4. The number of nitrogens with zero attached hydrogens (tertiary/aromatic N) is 1. The van der Waals surface area contributed by atoms with Crippen molar-refractivity contribution in [1.29, 1.82) is 0 Å². The van der Waals surface area contributed by atoms with E-state index in [2.05, 4.69) is 50.3 Å². The first-order valence-electron chi connectivity index (χ1n) is 17.2. The molecule has 258 valence electrons. The molecule has 0 spiro atoms. The van der Waals surface area contributed by atoms with Crippen LogP contribution in [0.4, 0.5) is 0 Å². The lowest BCUT2D eigenvalue weighted by Gasteiger charge is -2.28. The zero-order chi connectivity index (χ0) is 32.8. The highest BCUT2D eigenvalue weighted by Crippen LogP contribution is 2.38. The summed E-state index contributed by atoms with van der Waals surface area (Å²) < 4.78 is 34.2. The van der Waals surface area contributed by atoms with Crippen LogP contribution in [0.15, 0.2) is 36.5 Å². The molecule has 0 heterocycles. The van der Waals surface area contributed by atoms with Gasteiger partial charge in [-0.05, 0) is 44.9 Å². The third kappa shape index (κ3) is 32.1. The molecule has 0 aromatic carbocycles. The Morgan fingerprint density at radius 2 is 1.32 bits per heavy atom. The number of unbranched alkanes of at least 4 members (excludes halogenated alkanes) is 11. The van der Waals surface area contributed by atoms with Crippen LogP contribution in [0.2, 0.25) is 0 Å². The van der Waals surface area contributed by atoms with Gasteiger partial charge in [-0.25, -0.2) is 0 Å². The van der Waals surface area contributed by atoms with Gasteiger partial charge in [0, 0.05) is 13.0 Å². The number of esters is 1. The Morgan fingerprint density at radius 3 is 1.98 bits per heavy atom. The van der Waals surface area contributed by atoms with Crippen LogP contribution in [0.5, 0.6) is 0 Å². The number of hydrogen-bond donors (Lipinski definition) is 0. The van der Waals surface area contributed by atoms with Crippen molar-refractivity contribution in [2.75, 3.05) is 54.1 Å². The third-order valence-electron chi connectivity index (χ3n) is 6.96. The first-order chi connectivity index (χ1) is 21.1. The number of allylic oxidation sites excluding steroid dienone is 6. The Hall–Kier alpha value is -1.28.